The standard InChI is InChI=1S/C9H8N2O3/c1-14-9(13)4-6-2-7(5-10)11-8(12)3-6/h2-3H,4H2,1H3,(H,11,12). The Hall–Kier alpha value is -2.09. The van der Waals surface area contributed by atoms with Crippen LogP contribution < -0.4 is 5.56 Å². The highest BCUT2D eigenvalue weighted by molar-refractivity contribution is 5.72. The van der Waals surface area contributed by atoms with Crippen molar-refractivity contribution in [2.75, 3.05) is 7.11 Å². The zero-order valence-electron chi connectivity index (χ0n) is 7.53. The Bertz CT molecular complexity index is 442. The van der Waals surface area contributed by atoms with Crippen molar-refractivity contribution in [2.24, 2.45) is 0 Å². The molecule has 0 aliphatic heterocycles. The molecule has 72 valence electrons. The van der Waals surface area contributed by atoms with Crippen molar-refractivity contribution in [1.82, 2.24) is 4.98 Å². The molecular weight excluding hydrogens is 184 g/mol. The molecule has 0 bridgehead atoms. The minimum absolute atomic E-state index is 0.00486. The minimum Gasteiger partial charge on any atom is -0.469 e. The molecule has 1 rings (SSSR count). The first kappa shape index (κ1) is 9.99. The van der Waals surface area contributed by atoms with Crippen LogP contribution in [0, 0.1) is 11.3 Å². The Balaban J connectivity index is 2.99. The number of ether oxygens (including phenoxy) is 1. The summed E-state index contributed by atoms with van der Waals surface area (Å²) >= 11 is 0. The number of aromatic nitrogens is 1. The third-order valence-electron chi connectivity index (χ3n) is 1.60. The molecule has 5 heteroatoms. The lowest BCUT2D eigenvalue weighted by Gasteiger charge is -1.99. The van der Waals surface area contributed by atoms with E-state index in [2.05, 4.69) is 9.72 Å². The van der Waals surface area contributed by atoms with Gasteiger partial charge in [0.1, 0.15) is 11.8 Å². The largest absolute Gasteiger partial charge is 0.469 e. The number of carbonyl (C=O) groups is 1. The zero-order valence-corrected chi connectivity index (χ0v) is 7.53. The second-order valence-electron chi connectivity index (χ2n) is 2.63. The number of rotatable bonds is 2. The molecule has 1 aromatic rings. The quantitative estimate of drug-likeness (QED) is 0.666. The van der Waals surface area contributed by atoms with E-state index in [1.54, 1.807) is 6.07 Å². The smallest absolute Gasteiger partial charge is 0.309 e. The van der Waals surface area contributed by atoms with Gasteiger partial charge >= 0.3 is 5.97 Å². The number of pyridine rings is 1. The number of hydrogen-bond acceptors (Lipinski definition) is 4. The van der Waals surface area contributed by atoms with Crippen LogP contribution in [0.15, 0.2) is 16.9 Å². The maximum absolute atomic E-state index is 11.0. The van der Waals surface area contributed by atoms with E-state index in [9.17, 15) is 9.59 Å². The van der Waals surface area contributed by atoms with Gasteiger partial charge in [-0.3, -0.25) is 9.59 Å². The summed E-state index contributed by atoms with van der Waals surface area (Å²) in [5.74, 6) is -0.445. The molecule has 0 aliphatic rings. The fraction of sp³-hybridized carbons (Fsp3) is 0.222. The van der Waals surface area contributed by atoms with Crippen LogP contribution in [0.1, 0.15) is 11.3 Å². The van der Waals surface area contributed by atoms with Crippen LogP contribution in [0.4, 0.5) is 0 Å². The Kier molecular flexibility index (Phi) is 3.02. The average Bonchev–Trinajstić information content (AvgIpc) is 2.16. The number of nitriles is 1. The first-order valence-electron chi connectivity index (χ1n) is 3.86. The molecule has 0 saturated carbocycles. The number of methoxy groups -OCH3 is 1. The van der Waals surface area contributed by atoms with Crippen molar-refractivity contribution in [3.63, 3.8) is 0 Å². The van der Waals surface area contributed by atoms with Gasteiger partial charge < -0.3 is 9.72 Å². The minimum atomic E-state index is -0.445. The zero-order chi connectivity index (χ0) is 10.6. The fourth-order valence-electron chi connectivity index (χ4n) is 1.00. The van der Waals surface area contributed by atoms with Crippen molar-refractivity contribution in [1.29, 1.82) is 5.26 Å². The first-order valence-corrected chi connectivity index (χ1v) is 3.86. The van der Waals surface area contributed by atoms with Crippen LogP contribution in [-0.2, 0) is 16.0 Å². The average molecular weight is 192 g/mol. The van der Waals surface area contributed by atoms with Crippen LogP contribution in [0.25, 0.3) is 0 Å². The molecule has 0 fully saturated rings. The summed E-state index contributed by atoms with van der Waals surface area (Å²) in [7, 11) is 1.26. The SMILES string of the molecule is COC(=O)Cc1cc(C#N)[nH]c(=O)c1. The molecule has 0 amide bonds. The second-order valence-corrected chi connectivity index (χ2v) is 2.63. The Labute approximate surface area is 79.9 Å². The number of esters is 1. The summed E-state index contributed by atoms with van der Waals surface area (Å²) in [6, 6.07) is 4.50. The molecule has 0 spiro atoms. The van der Waals surface area contributed by atoms with Gasteiger partial charge in [-0.25, -0.2) is 0 Å². The summed E-state index contributed by atoms with van der Waals surface area (Å²) in [4.78, 5) is 24.2. The molecule has 14 heavy (non-hydrogen) atoms. The third-order valence-corrected chi connectivity index (χ3v) is 1.60. The number of nitrogens with zero attached hydrogens (tertiary/aromatic N) is 1. The van der Waals surface area contributed by atoms with E-state index in [0.29, 0.717) is 5.56 Å². The third kappa shape index (κ3) is 2.45. The normalized spacial score (nSPS) is 9.14. The van der Waals surface area contributed by atoms with Crippen LogP contribution in [0.5, 0.6) is 0 Å². The molecule has 1 N–H and O–H groups in total. The molecular formula is C9H8N2O3. The molecule has 5 nitrogen and oxygen atoms in total. The molecule has 0 atom stereocenters. The van der Waals surface area contributed by atoms with E-state index < -0.39 is 11.5 Å². The second kappa shape index (κ2) is 4.23. The highest BCUT2D eigenvalue weighted by Gasteiger charge is 2.04. The van der Waals surface area contributed by atoms with Gasteiger partial charge in [-0.15, -0.1) is 0 Å². The van der Waals surface area contributed by atoms with Crippen LogP contribution in [0.3, 0.4) is 0 Å². The number of aromatic amines is 1. The summed E-state index contributed by atoms with van der Waals surface area (Å²) < 4.78 is 4.43. The van der Waals surface area contributed by atoms with Crippen LogP contribution in [-0.4, -0.2) is 18.1 Å². The van der Waals surface area contributed by atoms with Crippen molar-refractivity contribution < 1.29 is 9.53 Å². The highest BCUT2D eigenvalue weighted by Crippen LogP contribution is 1.99. The van der Waals surface area contributed by atoms with Crippen LogP contribution in [0.2, 0.25) is 0 Å². The van der Waals surface area contributed by atoms with Crippen molar-refractivity contribution >= 4 is 5.97 Å². The molecule has 1 aromatic heterocycles. The maximum atomic E-state index is 11.0. The van der Waals surface area contributed by atoms with Gasteiger partial charge in [0.15, 0.2) is 0 Å². The van der Waals surface area contributed by atoms with E-state index in [1.807, 2.05) is 0 Å². The molecule has 0 saturated heterocycles. The number of hydrogen-bond donors (Lipinski definition) is 1. The van der Waals surface area contributed by atoms with Crippen LogP contribution >= 0.6 is 0 Å². The van der Waals surface area contributed by atoms with Crippen molar-refractivity contribution in [3.8, 4) is 6.07 Å². The van der Waals surface area contributed by atoms with Gasteiger partial charge in [-0.05, 0) is 11.6 Å². The molecule has 0 unspecified atom stereocenters. The van der Waals surface area contributed by atoms with Gasteiger partial charge in [-0.2, -0.15) is 5.26 Å². The monoisotopic (exact) mass is 192 g/mol. The molecule has 0 radical (unpaired) electrons. The van der Waals surface area contributed by atoms with Gasteiger partial charge in [0.05, 0.1) is 13.5 Å². The lowest BCUT2D eigenvalue weighted by atomic mass is 10.2. The maximum Gasteiger partial charge on any atom is 0.309 e. The van der Waals surface area contributed by atoms with E-state index in [-0.39, 0.29) is 12.1 Å². The summed E-state index contributed by atoms with van der Waals surface area (Å²) in [6.07, 6.45) is -0.00486. The van der Waals surface area contributed by atoms with Gasteiger partial charge in [0.2, 0.25) is 5.56 Å². The fourth-order valence-corrected chi connectivity index (χ4v) is 1.00. The number of nitrogens with one attached hydrogen (secondary N) is 1. The molecule has 0 aliphatic carbocycles. The lowest BCUT2D eigenvalue weighted by Crippen LogP contribution is -2.11. The molecule has 0 aromatic carbocycles. The predicted molar refractivity (Wildman–Crippen MR) is 47.5 cm³/mol. The summed E-state index contributed by atoms with van der Waals surface area (Å²) in [5.41, 5.74) is 0.205. The molecule has 1 heterocycles. The highest BCUT2D eigenvalue weighted by atomic mass is 16.5. The topological polar surface area (TPSA) is 82.9 Å². The number of carbonyl (C=O) groups excluding carboxylic acids is 1. The predicted octanol–water partition coefficient (Wildman–Crippen LogP) is -0.0379. The Morgan fingerprint density at radius 3 is 2.93 bits per heavy atom. The lowest BCUT2D eigenvalue weighted by molar-refractivity contribution is -0.139. The van der Waals surface area contributed by atoms with Crippen molar-refractivity contribution in [3.05, 3.63) is 33.7 Å². The van der Waals surface area contributed by atoms with E-state index in [0.717, 1.165) is 0 Å². The van der Waals surface area contributed by atoms with Gasteiger partial charge in [0, 0.05) is 6.07 Å². The van der Waals surface area contributed by atoms with Gasteiger partial charge in [0.25, 0.3) is 0 Å². The first-order chi connectivity index (χ1) is 6.65. The Morgan fingerprint density at radius 2 is 2.36 bits per heavy atom. The number of H-pyrrole nitrogens is 1. The van der Waals surface area contributed by atoms with E-state index >= 15 is 0 Å². The van der Waals surface area contributed by atoms with E-state index in [1.165, 1.54) is 19.2 Å². The van der Waals surface area contributed by atoms with Crippen molar-refractivity contribution in [2.45, 2.75) is 6.42 Å². The van der Waals surface area contributed by atoms with Gasteiger partial charge in [-0.1, -0.05) is 0 Å². The summed E-state index contributed by atoms with van der Waals surface area (Å²) in [6.45, 7) is 0. The Morgan fingerprint density at radius 1 is 1.64 bits per heavy atom. The van der Waals surface area contributed by atoms with E-state index in [4.69, 9.17) is 5.26 Å². The summed E-state index contributed by atoms with van der Waals surface area (Å²) in [5, 5.41) is 8.54.